The third-order valence-electron chi connectivity index (χ3n) is 8.10. The number of benzene rings is 5. The normalized spacial score (nSPS) is 12.1. The molecule has 0 aromatic heterocycles. The van der Waals surface area contributed by atoms with E-state index in [0.717, 1.165) is 36.4 Å². The van der Waals surface area contributed by atoms with E-state index in [1.165, 1.54) is 48.5 Å². The van der Waals surface area contributed by atoms with E-state index in [4.69, 9.17) is 5.73 Å². The van der Waals surface area contributed by atoms with Gasteiger partial charge in [0, 0.05) is 11.3 Å². The standard InChI is InChI=1S/C34H32N6O16S5.3Na/c1-2-15-58(44,45)26-5-3-4-24(19-26)36-34(42)20-6-8-22(9-7-20)37-39-31-27(57-56-55-43)17-21-18-28(60(48,49)50)32(30(35)29(21)33(31)41)40-38-23-10-12-25(13-11-23)59(46,47)16-14-54-61(51,52)53;;;/h3-13,17-19,41,43H,2,14-16,35H2,1H3,(H,36,42)(H,48,49,50)(H,51,52,53);;;/q;3*+1/p-3. The Morgan fingerprint density at radius 2 is 1.34 bits per heavy atom. The molecule has 0 aliphatic heterocycles. The zero-order valence-electron chi connectivity index (χ0n) is 33.9. The number of phenolic OH excluding ortho intramolecular Hbond substituents is 1. The Labute approximate surface area is 436 Å². The van der Waals surface area contributed by atoms with Crippen LogP contribution in [-0.4, -0.2) is 71.9 Å². The van der Waals surface area contributed by atoms with E-state index in [0.29, 0.717) is 6.42 Å². The number of hydrogen-bond acceptors (Lipinski definition) is 22. The van der Waals surface area contributed by atoms with Crippen LogP contribution >= 0.6 is 12.0 Å². The van der Waals surface area contributed by atoms with Gasteiger partial charge in [-0.1, -0.05) is 13.0 Å². The van der Waals surface area contributed by atoms with E-state index < -0.39 is 86.2 Å². The number of nitrogens with zero attached hydrogens (tertiary/aromatic N) is 4. The van der Waals surface area contributed by atoms with E-state index in [1.807, 2.05) is 0 Å². The van der Waals surface area contributed by atoms with Gasteiger partial charge < -0.3 is 30.5 Å². The second kappa shape index (κ2) is 24.5. The number of aromatic hydroxyl groups is 1. The monoisotopic (exact) mass is 1010 g/mol. The molecule has 0 saturated heterocycles. The average Bonchev–Trinajstić information content (AvgIpc) is 3.18. The Morgan fingerprint density at radius 3 is 1.91 bits per heavy atom. The maximum absolute atomic E-state index is 13.0. The van der Waals surface area contributed by atoms with Crippen molar-refractivity contribution in [3.63, 3.8) is 0 Å². The van der Waals surface area contributed by atoms with Crippen LogP contribution in [-0.2, 0) is 53.7 Å². The number of nitrogen functional groups attached to an aromatic ring is 1. The molecule has 30 heteroatoms. The topological polar surface area (TPSA) is 358 Å². The molecule has 5 aromatic carbocycles. The van der Waals surface area contributed by atoms with Crippen LogP contribution in [0.25, 0.3) is 10.8 Å². The van der Waals surface area contributed by atoms with Gasteiger partial charge >= 0.3 is 88.7 Å². The number of carbonyl (C=O) groups excluding carboxylic acids is 1. The van der Waals surface area contributed by atoms with E-state index >= 15 is 0 Å². The van der Waals surface area contributed by atoms with Crippen molar-refractivity contribution in [1.82, 2.24) is 0 Å². The summed E-state index contributed by atoms with van der Waals surface area (Å²) in [6.45, 7) is 0.785. The molecule has 22 nitrogen and oxygen atoms in total. The van der Waals surface area contributed by atoms with Crippen molar-refractivity contribution in [1.29, 1.82) is 0 Å². The number of nitrogens with one attached hydrogen (secondary N) is 1. The maximum atomic E-state index is 13.0. The van der Waals surface area contributed by atoms with E-state index in [1.54, 1.807) is 6.92 Å². The predicted octanol–water partition coefficient (Wildman–Crippen LogP) is -4.21. The first kappa shape index (κ1) is 57.7. The molecule has 0 heterocycles. The summed E-state index contributed by atoms with van der Waals surface area (Å²) in [5.74, 6) is -2.29. The van der Waals surface area contributed by atoms with Gasteiger partial charge in [-0.25, -0.2) is 33.7 Å². The minimum atomic E-state index is -5.36. The van der Waals surface area contributed by atoms with Gasteiger partial charge in [0.15, 0.2) is 25.4 Å². The number of rotatable bonds is 18. The molecule has 0 radical (unpaired) electrons. The van der Waals surface area contributed by atoms with Gasteiger partial charge in [-0.15, -0.1) is 10.2 Å². The van der Waals surface area contributed by atoms with Crippen molar-refractivity contribution in [2.24, 2.45) is 20.5 Å². The number of fused-ring (bicyclic) bond motifs is 1. The van der Waals surface area contributed by atoms with Gasteiger partial charge in [-0.2, -0.15) is 14.6 Å². The molecule has 0 unspecified atom stereocenters. The van der Waals surface area contributed by atoms with Gasteiger partial charge in [0.05, 0.1) is 72.2 Å². The van der Waals surface area contributed by atoms with E-state index in [2.05, 4.69) is 39.3 Å². The smallest absolute Gasteiger partial charge is 0.744 e. The van der Waals surface area contributed by atoms with Crippen molar-refractivity contribution < 1.29 is 160 Å². The van der Waals surface area contributed by atoms with Crippen LogP contribution in [0.15, 0.2) is 125 Å². The van der Waals surface area contributed by atoms with Crippen molar-refractivity contribution in [3.8, 4) is 5.75 Å². The molecule has 0 atom stereocenters. The maximum Gasteiger partial charge on any atom is 1.00 e. The van der Waals surface area contributed by atoms with Crippen LogP contribution in [0, 0.1) is 0 Å². The number of sulfone groups is 2. The van der Waals surface area contributed by atoms with Crippen LogP contribution in [0.4, 0.5) is 34.1 Å². The van der Waals surface area contributed by atoms with E-state index in [-0.39, 0.29) is 155 Å². The fraction of sp³-hybridized carbons (Fsp3) is 0.147. The summed E-state index contributed by atoms with van der Waals surface area (Å²) in [6, 6.07) is 17.5. The second-order valence-corrected chi connectivity index (χ2v) is 19.6. The first-order valence-electron chi connectivity index (χ1n) is 16.9. The van der Waals surface area contributed by atoms with Crippen LogP contribution in [0.5, 0.6) is 5.75 Å². The van der Waals surface area contributed by atoms with Gasteiger partial charge in [0.1, 0.15) is 21.5 Å². The molecule has 0 spiro atoms. The zero-order chi connectivity index (χ0) is 44.8. The SMILES string of the molecule is CCCS(=O)(=O)c1cccc(NC(=O)c2ccc(N=Nc3c(SOO[O-])cc4cc(S(=O)(=O)[O-])c(N=Nc5ccc(S(=O)(=O)CCOS(=O)(=O)[O-])cc5)c(N)c4c3O)cc2)c1.[Na+].[Na+].[Na+]. The van der Waals surface area contributed by atoms with Crippen LogP contribution in [0.2, 0.25) is 0 Å². The Bertz CT molecular complexity index is 3000. The Morgan fingerprint density at radius 1 is 0.766 bits per heavy atom. The number of amides is 1. The summed E-state index contributed by atoms with van der Waals surface area (Å²) >= 11 is 0.223. The molecule has 0 bridgehead atoms. The fourth-order valence-electron chi connectivity index (χ4n) is 5.35. The van der Waals surface area contributed by atoms with Crippen LogP contribution < -0.4 is 105 Å². The molecule has 0 saturated carbocycles. The Balaban J connectivity index is 0.00000469. The summed E-state index contributed by atoms with van der Waals surface area (Å²) in [4.78, 5) is 11.5. The molecule has 1 amide bonds. The minimum absolute atomic E-state index is 0. The second-order valence-electron chi connectivity index (χ2n) is 12.3. The zero-order valence-corrected chi connectivity index (χ0v) is 44.0. The Hall–Kier alpha value is -2.46. The van der Waals surface area contributed by atoms with Gasteiger partial charge in [-0.05, 0) is 90.7 Å². The van der Waals surface area contributed by atoms with E-state index in [9.17, 15) is 57.9 Å². The largest absolute Gasteiger partial charge is 1.00 e. The van der Waals surface area contributed by atoms with Crippen molar-refractivity contribution >= 4 is 103 Å². The number of carbonyl (C=O) groups is 1. The number of anilines is 2. The van der Waals surface area contributed by atoms with Crippen LogP contribution in [0.3, 0.4) is 0 Å². The molecular formula is C34H29N6Na3O16S5. The van der Waals surface area contributed by atoms with Crippen LogP contribution in [0.1, 0.15) is 23.7 Å². The van der Waals surface area contributed by atoms with Crippen molar-refractivity contribution in [2.45, 2.75) is 32.9 Å². The van der Waals surface area contributed by atoms with Crippen molar-refractivity contribution in [2.75, 3.05) is 29.2 Å². The fourth-order valence-corrected chi connectivity index (χ4v) is 9.35. The summed E-state index contributed by atoms with van der Waals surface area (Å²) < 4.78 is 127. The first-order valence-corrected chi connectivity index (χ1v) is 23.6. The number of phenols is 1. The predicted molar refractivity (Wildman–Crippen MR) is 212 cm³/mol. The average molecular weight is 1010 g/mol. The number of nitrogens with two attached hydrogens (primary N) is 1. The summed E-state index contributed by atoms with van der Waals surface area (Å²) in [5, 5.41) is 43.4. The number of azo groups is 2. The van der Waals surface area contributed by atoms with Gasteiger partial charge in [-0.3, -0.25) is 14.0 Å². The quantitative estimate of drug-likeness (QED) is 0.0109. The molecule has 64 heavy (non-hydrogen) atoms. The van der Waals surface area contributed by atoms with Gasteiger partial charge in [0.25, 0.3) is 5.91 Å². The van der Waals surface area contributed by atoms with Gasteiger partial charge in [0.2, 0.25) is 10.4 Å². The molecular weight excluding hydrogens is 978 g/mol. The minimum Gasteiger partial charge on any atom is -0.744 e. The summed E-state index contributed by atoms with van der Waals surface area (Å²) in [5.41, 5.74) is 4.95. The summed E-state index contributed by atoms with van der Waals surface area (Å²) in [7, 11) is -18.2. The molecule has 4 N–H and O–H groups in total. The molecule has 0 fully saturated rings. The molecule has 0 aliphatic carbocycles. The Kier molecular flexibility index (Phi) is 22.1. The molecule has 5 aromatic rings. The summed E-state index contributed by atoms with van der Waals surface area (Å²) in [6.07, 6.45) is 0.410. The third-order valence-corrected chi connectivity index (χ3v) is 13.6. The molecule has 0 aliphatic rings. The molecule has 324 valence electrons. The number of hydrogen-bond donors (Lipinski definition) is 3. The molecule has 5 rings (SSSR count). The third kappa shape index (κ3) is 15.3. The van der Waals surface area contributed by atoms with Crippen molar-refractivity contribution in [3.05, 3.63) is 90.5 Å². The first-order chi connectivity index (χ1) is 28.6.